The van der Waals surface area contributed by atoms with Crippen LogP contribution in [-0.4, -0.2) is 24.5 Å². The minimum Gasteiger partial charge on any atom is -0.466 e. The molecule has 0 aromatic carbocycles. The molecule has 0 radical (unpaired) electrons. The number of carbonyl (C=O) groups is 1. The zero-order valence-corrected chi connectivity index (χ0v) is 5.70. The van der Waals surface area contributed by atoms with Crippen molar-refractivity contribution in [3.05, 3.63) is 10.1 Å². The van der Waals surface area contributed by atoms with E-state index in [0.717, 1.165) is 13.5 Å². The van der Waals surface area contributed by atoms with Gasteiger partial charge in [-0.15, -0.1) is 0 Å². The first kappa shape index (κ1) is 8.87. The number of nitro groups is 1. The standard InChI is InChI=1S/C4H6O2.CH3NO2/c5-4-2-1-3-6-4;1-2(3)4/h1-3H2;1H3. The second kappa shape index (κ2) is 4.72. The van der Waals surface area contributed by atoms with Gasteiger partial charge >= 0.3 is 5.97 Å². The molecule has 0 saturated carbocycles. The van der Waals surface area contributed by atoms with Crippen molar-refractivity contribution in [1.82, 2.24) is 0 Å². The molecule has 0 amide bonds. The lowest BCUT2D eigenvalue weighted by atomic mass is 10.4. The van der Waals surface area contributed by atoms with E-state index in [4.69, 9.17) is 10.1 Å². The highest BCUT2D eigenvalue weighted by molar-refractivity contribution is 5.70. The van der Waals surface area contributed by atoms with Crippen LogP contribution in [0.5, 0.6) is 0 Å². The fraction of sp³-hybridized carbons (Fsp3) is 0.800. The van der Waals surface area contributed by atoms with Gasteiger partial charge in [-0.05, 0) is 6.42 Å². The summed E-state index contributed by atoms with van der Waals surface area (Å²) in [6, 6.07) is 0. The Labute approximate surface area is 58.1 Å². The molecule has 0 N–H and O–H groups in total. The number of carbonyl (C=O) groups excluding carboxylic acids is 1. The molecule has 1 aliphatic heterocycles. The van der Waals surface area contributed by atoms with Crippen LogP contribution in [0, 0.1) is 10.1 Å². The van der Waals surface area contributed by atoms with Gasteiger partial charge in [0.15, 0.2) is 7.05 Å². The molecule has 5 heteroatoms. The van der Waals surface area contributed by atoms with E-state index in [9.17, 15) is 4.79 Å². The van der Waals surface area contributed by atoms with Gasteiger partial charge < -0.3 is 4.74 Å². The maximum absolute atomic E-state index is 10.0. The Kier molecular flexibility index (Phi) is 4.19. The quantitative estimate of drug-likeness (QED) is 0.279. The third kappa shape index (κ3) is 6.87. The Morgan fingerprint density at radius 3 is 2.30 bits per heavy atom. The van der Waals surface area contributed by atoms with E-state index in [0.29, 0.717) is 13.0 Å². The average molecular weight is 147 g/mol. The van der Waals surface area contributed by atoms with Crippen LogP contribution < -0.4 is 0 Å². The smallest absolute Gasteiger partial charge is 0.305 e. The molecule has 1 aliphatic rings. The van der Waals surface area contributed by atoms with E-state index < -0.39 is 4.92 Å². The molecule has 0 unspecified atom stereocenters. The lowest BCUT2D eigenvalue weighted by molar-refractivity contribution is -0.445. The Hall–Kier alpha value is -1.13. The fourth-order valence-electron chi connectivity index (χ4n) is 0.475. The normalized spacial score (nSPS) is 15.1. The Balaban J connectivity index is 0.000000180. The molecule has 0 aliphatic carbocycles. The van der Waals surface area contributed by atoms with Crippen LogP contribution in [0.3, 0.4) is 0 Å². The number of cyclic esters (lactones) is 1. The third-order valence-corrected chi connectivity index (χ3v) is 0.788. The van der Waals surface area contributed by atoms with Crippen molar-refractivity contribution in [3.8, 4) is 0 Å². The van der Waals surface area contributed by atoms with Crippen LogP contribution in [0.1, 0.15) is 12.8 Å². The topological polar surface area (TPSA) is 69.4 Å². The minimum atomic E-state index is -0.500. The predicted octanol–water partition coefficient (Wildman–Crippen LogP) is 0.216. The first-order valence-corrected chi connectivity index (χ1v) is 2.86. The number of esters is 1. The highest BCUT2D eigenvalue weighted by Crippen LogP contribution is 2.01. The summed E-state index contributed by atoms with van der Waals surface area (Å²) in [6.45, 7) is 0.638. The Morgan fingerprint density at radius 2 is 2.20 bits per heavy atom. The van der Waals surface area contributed by atoms with E-state index in [-0.39, 0.29) is 5.97 Å². The van der Waals surface area contributed by atoms with Gasteiger partial charge in [0.1, 0.15) is 0 Å². The average Bonchev–Trinajstić information content (AvgIpc) is 2.15. The van der Waals surface area contributed by atoms with Gasteiger partial charge in [0.25, 0.3) is 0 Å². The van der Waals surface area contributed by atoms with Crippen LogP contribution in [0.4, 0.5) is 0 Å². The molecule has 0 bridgehead atoms. The summed E-state index contributed by atoms with van der Waals surface area (Å²) >= 11 is 0. The van der Waals surface area contributed by atoms with Gasteiger partial charge in [0.05, 0.1) is 6.61 Å². The van der Waals surface area contributed by atoms with Crippen LogP contribution in [0.15, 0.2) is 0 Å². The largest absolute Gasteiger partial charge is 0.466 e. The van der Waals surface area contributed by atoms with Crippen LogP contribution in [0.2, 0.25) is 0 Å². The summed E-state index contributed by atoms with van der Waals surface area (Å²) in [7, 11) is 0.889. The monoisotopic (exact) mass is 147 g/mol. The molecule has 0 atom stereocenters. The molecule has 58 valence electrons. The lowest BCUT2D eigenvalue weighted by Gasteiger charge is -1.81. The molecule has 1 fully saturated rings. The molecule has 0 aromatic rings. The van der Waals surface area contributed by atoms with Crippen molar-refractivity contribution >= 4 is 5.97 Å². The lowest BCUT2D eigenvalue weighted by Crippen LogP contribution is -1.88. The van der Waals surface area contributed by atoms with Gasteiger partial charge in [0, 0.05) is 11.3 Å². The second-order valence-corrected chi connectivity index (χ2v) is 1.76. The van der Waals surface area contributed by atoms with Gasteiger partial charge in [0.2, 0.25) is 0 Å². The summed E-state index contributed by atoms with van der Waals surface area (Å²) < 4.78 is 4.51. The van der Waals surface area contributed by atoms with Crippen molar-refractivity contribution in [2.45, 2.75) is 12.8 Å². The maximum atomic E-state index is 10.0. The number of rotatable bonds is 0. The summed E-state index contributed by atoms with van der Waals surface area (Å²) in [5.41, 5.74) is 0. The van der Waals surface area contributed by atoms with Crippen LogP contribution in [-0.2, 0) is 9.53 Å². The number of hydrogen-bond donors (Lipinski definition) is 0. The number of ether oxygens (including phenoxy) is 1. The summed E-state index contributed by atoms with van der Waals surface area (Å²) in [6.07, 6.45) is 1.54. The van der Waals surface area contributed by atoms with E-state index in [1.807, 2.05) is 0 Å². The molecule has 10 heavy (non-hydrogen) atoms. The summed E-state index contributed by atoms with van der Waals surface area (Å²) in [4.78, 5) is 18.3. The SMILES string of the molecule is C[N+](=O)[O-].O=C1CCCO1. The first-order valence-electron chi connectivity index (χ1n) is 2.86. The van der Waals surface area contributed by atoms with Crippen LogP contribution in [0.25, 0.3) is 0 Å². The van der Waals surface area contributed by atoms with Gasteiger partial charge in [-0.1, -0.05) is 0 Å². The minimum absolute atomic E-state index is 0.0463. The van der Waals surface area contributed by atoms with Crippen molar-refractivity contribution < 1.29 is 14.5 Å². The van der Waals surface area contributed by atoms with E-state index in [1.54, 1.807) is 0 Å². The summed E-state index contributed by atoms with van der Waals surface area (Å²) in [5, 5.41) is 8.81. The van der Waals surface area contributed by atoms with Crippen LogP contribution >= 0.6 is 0 Å². The van der Waals surface area contributed by atoms with Gasteiger partial charge in [-0.2, -0.15) is 0 Å². The van der Waals surface area contributed by atoms with E-state index >= 15 is 0 Å². The zero-order chi connectivity index (χ0) is 7.98. The molecule has 5 nitrogen and oxygen atoms in total. The molecular formula is C5H9NO4. The Morgan fingerprint density at radius 1 is 1.70 bits per heavy atom. The highest BCUT2D eigenvalue weighted by Gasteiger charge is 2.08. The van der Waals surface area contributed by atoms with Gasteiger partial charge in [-0.25, -0.2) is 0 Å². The molecule has 0 spiro atoms. The van der Waals surface area contributed by atoms with E-state index in [2.05, 4.69) is 4.74 Å². The molecule has 1 heterocycles. The molecule has 1 saturated heterocycles. The highest BCUT2D eigenvalue weighted by atomic mass is 16.6. The first-order chi connectivity index (χ1) is 4.63. The second-order valence-electron chi connectivity index (χ2n) is 1.76. The Bertz CT molecular complexity index is 122. The van der Waals surface area contributed by atoms with E-state index in [1.165, 1.54) is 0 Å². The molecule has 0 aromatic heterocycles. The van der Waals surface area contributed by atoms with Crippen molar-refractivity contribution in [3.63, 3.8) is 0 Å². The van der Waals surface area contributed by atoms with Crippen molar-refractivity contribution in [2.75, 3.05) is 13.7 Å². The number of hydrogen-bond acceptors (Lipinski definition) is 4. The van der Waals surface area contributed by atoms with Crippen molar-refractivity contribution in [2.24, 2.45) is 0 Å². The predicted molar refractivity (Wildman–Crippen MR) is 33.1 cm³/mol. The summed E-state index contributed by atoms with van der Waals surface area (Å²) in [5.74, 6) is -0.0463. The number of nitrogens with zero attached hydrogens (tertiary/aromatic N) is 1. The maximum Gasteiger partial charge on any atom is 0.305 e. The third-order valence-electron chi connectivity index (χ3n) is 0.788. The van der Waals surface area contributed by atoms with Crippen molar-refractivity contribution in [1.29, 1.82) is 0 Å². The van der Waals surface area contributed by atoms with Gasteiger partial charge in [-0.3, -0.25) is 14.9 Å². The fourth-order valence-corrected chi connectivity index (χ4v) is 0.475. The molecular weight excluding hydrogens is 138 g/mol. The zero-order valence-electron chi connectivity index (χ0n) is 5.70. The molecule has 1 rings (SSSR count).